The van der Waals surface area contributed by atoms with Crippen molar-refractivity contribution in [3.63, 3.8) is 0 Å². The van der Waals surface area contributed by atoms with Gasteiger partial charge in [-0.1, -0.05) is 6.07 Å². The Hall–Kier alpha value is -2.44. The van der Waals surface area contributed by atoms with Crippen LogP contribution in [0, 0.1) is 0 Å². The van der Waals surface area contributed by atoms with Crippen molar-refractivity contribution in [3.8, 4) is 0 Å². The number of hydrogen-bond donors (Lipinski definition) is 0. The fraction of sp³-hybridized carbons (Fsp3) is 0.385. The number of carbonyl (C=O) groups is 3. The number of hydrogen-bond acceptors (Lipinski definition) is 5. The van der Waals surface area contributed by atoms with Crippen LogP contribution in [0.4, 0.5) is 0 Å². The van der Waals surface area contributed by atoms with Gasteiger partial charge in [0.15, 0.2) is 0 Å². The predicted octanol–water partition coefficient (Wildman–Crippen LogP) is -0.218. The normalized spacial score (nSPS) is 14.8. The second kappa shape index (κ2) is 6.14. The van der Waals surface area contributed by atoms with Crippen molar-refractivity contribution in [1.29, 1.82) is 0 Å². The predicted molar refractivity (Wildman–Crippen MR) is 69.1 cm³/mol. The summed E-state index contributed by atoms with van der Waals surface area (Å²) in [7, 11) is 1.26. The quantitative estimate of drug-likeness (QED) is 0.564. The number of carbonyl (C=O) groups excluding carboxylic acids is 3. The van der Waals surface area contributed by atoms with Gasteiger partial charge < -0.3 is 14.5 Å². The largest absolute Gasteiger partial charge is 0.464 e. The highest BCUT2D eigenvalue weighted by atomic mass is 16.5. The first kappa shape index (κ1) is 14.0. The van der Waals surface area contributed by atoms with E-state index in [1.807, 2.05) is 0 Å². The molecule has 1 aliphatic rings. The number of aromatic nitrogens is 1. The first-order valence-corrected chi connectivity index (χ1v) is 6.19. The van der Waals surface area contributed by atoms with E-state index in [1.165, 1.54) is 13.2 Å². The smallest absolute Gasteiger partial charge is 0.356 e. The maximum absolute atomic E-state index is 12.3. The summed E-state index contributed by atoms with van der Waals surface area (Å²) in [5.41, 5.74) is 0.303. The van der Waals surface area contributed by atoms with Gasteiger partial charge in [-0.25, -0.2) is 9.78 Å². The summed E-state index contributed by atoms with van der Waals surface area (Å²) in [6.45, 7) is 1.93. The summed E-state index contributed by atoms with van der Waals surface area (Å²) >= 11 is 0. The standard InChI is InChI=1S/C13H15N3O4/c1-20-13(19)11-4-2-3-10(14-11)12(18)16-7-5-15(9-17)6-8-16/h2-4,9H,5-8H2,1H3. The summed E-state index contributed by atoms with van der Waals surface area (Å²) in [4.78, 5) is 41.5. The van der Waals surface area contributed by atoms with Gasteiger partial charge in [0, 0.05) is 26.2 Å². The fourth-order valence-electron chi connectivity index (χ4n) is 1.96. The first-order chi connectivity index (χ1) is 9.65. The molecule has 0 aliphatic carbocycles. The lowest BCUT2D eigenvalue weighted by Gasteiger charge is -2.32. The minimum Gasteiger partial charge on any atom is -0.464 e. The van der Waals surface area contributed by atoms with Crippen molar-refractivity contribution in [1.82, 2.24) is 14.8 Å². The van der Waals surface area contributed by atoms with Crippen LogP contribution in [-0.2, 0) is 9.53 Å². The zero-order valence-electron chi connectivity index (χ0n) is 11.1. The molecule has 7 heteroatoms. The average molecular weight is 277 g/mol. The van der Waals surface area contributed by atoms with Crippen LogP contribution >= 0.6 is 0 Å². The molecule has 2 amide bonds. The third-order valence-electron chi connectivity index (χ3n) is 3.11. The van der Waals surface area contributed by atoms with Gasteiger partial charge in [-0.3, -0.25) is 9.59 Å². The van der Waals surface area contributed by atoms with Gasteiger partial charge in [0.05, 0.1) is 7.11 Å². The zero-order chi connectivity index (χ0) is 14.5. The van der Waals surface area contributed by atoms with E-state index in [2.05, 4.69) is 9.72 Å². The van der Waals surface area contributed by atoms with Crippen molar-refractivity contribution in [2.75, 3.05) is 33.3 Å². The highest BCUT2D eigenvalue weighted by Gasteiger charge is 2.22. The summed E-state index contributed by atoms with van der Waals surface area (Å²) in [5, 5.41) is 0. The molecule has 0 radical (unpaired) electrons. The monoisotopic (exact) mass is 277 g/mol. The molecule has 2 heterocycles. The van der Waals surface area contributed by atoms with Gasteiger partial charge in [0.25, 0.3) is 5.91 Å². The first-order valence-electron chi connectivity index (χ1n) is 6.19. The number of esters is 1. The van der Waals surface area contributed by atoms with Crippen molar-refractivity contribution in [3.05, 3.63) is 29.6 Å². The van der Waals surface area contributed by atoms with E-state index in [0.29, 0.717) is 26.2 Å². The molecule has 1 aromatic rings. The van der Waals surface area contributed by atoms with Crippen LogP contribution < -0.4 is 0 Å². The molecule has 1 saturated heterocycles. The van der Waals surface area contributed by atoms with Crippen molar-refractivity contribution >= 4 is 18.3 Å². The summed E-state index contributed by atoms with van der Waals surface area (Å²) in [6.07, 6.45) is 0.776. The molecule has 0 unspecified atom stereocenters. The lowest BCUT2D eigenvalue weighted by atomic mass is 10.2. The molecule has 0 spiro atoms. The number of amides is 2. The van der Waals surface area contributed by atoms with Crippen molar-refractivity contribution in [2.45, 2.75) is 0 Å². The van der Waals surface area contributed by atoms with Gasteiger partial charge >= 0.3 is 5.97 Å². The molecule has 20 heavy (non-hydrogen) atoms. The average Bonchev–Trinajstić information content (AvgIpc) is 2.53. The van der Waals surface area contributed by atoms with Crippen LogP contribution in [-0.4, -0.2) is 66.4 Å². The Morgan fingerprint density at radius 2 is 1.85 bits per heavy atom. The second-order valence-corrected chi connectivity index (χ2v) is 4.33. The molecule has 1 aromatic heterocycles. The maximum Gasteiger partial charge on any atom is 0.356 e. The topological polar surface area (TPSA) is 79.8 Å². The van der Waals surface area contributed by atoms with E-state index >= 15 is 0 Å². The Bertz CT molecular complexity index is 524. The minimum atomic E-state index is -0.578. The number of ether oxygens (including phenoxy) is 1. The molecule has 0 saturated carbocycles. The van der Waals surface area contributed by atoms with Gasteiger partial charge in [-0.15, -0.1) is 0 Å². The highest BCUT2D eigenvalue weighted by molar-refractivity contribution is 5.94. The Morgan fingerprint density at radius 3 is 2.45 bits per heavy atom. The third kappa shape index (κ3) is 2.93. The highest BCUT2D eigenvalue weighted by Crippen LogP contribution is 2.08. The van der Waals surface area contributed by atoms with Crippen LogP contribution in [0.2, 0.25) is 0 Å². The molecule has 7 nitrogen and oxygen atoms in total. The van der Waals surface area contributed by atoms with Crippen molar-refractivity contribution < 1.29 is 19.1 Å². The molecule has 1 fully saturated rings. The molecule has 0 N–H and O–H groups in total. The van der Waals surface area contributed by atoms with Crippen molar-refractivity contribution in [2.24, 2.45) is 0 Å². The lowest BCUT2D eigenvalue weighted by molar-refractivity contribution is -0.119. The van der Waals surface area contributed by atoms with E-state index in [0.717, 1.165) is 6.41 Å². The third-order valence-corrected chi connectivity index (χ3v) is 3.11. The van der Waals surface area contributed by atoms with Gasteiger partial charge in [0.1, 0.15) is 11.4 Å². The molecular formula is C13H15N3O4. The van der Waals surface area contributed by atoms with E-state index < -0.39 is 5.97 Å². The number of methoxy groups -OCH3 is 1. The maximum atomic E-state index is 12.3. The number of pyridine rings is 1. The fourth-order valence-corrected chi connectivity index (χ4v) is 1.96. The number of rotatable bonds is 3. The zero-order valence-corrected chi connectivity index (χ0v) is 11.1. The summed E-state index contributed by atoms with van der Waals surface area (Å²) in [5.74, 6) is -0.827. The van der Waals surface area contributed by atoms with E-state index in [-0.39, 0.29) is 17.3 Å². The number of nitrogens with zero attached hydrogens (tertiary/aromatic N) is 3. The molecule has 106 valence electrons. The molecule has 0 bridgehead atoms. The Kier molecular flexibility index (Phi) is 4.29. The Labute approximate surface area is 116 Å². The summed E-state index contributed by atoms with van der Waals surface area (Å²) < 4.78 is 4.57. The van der Waals surface area contributed by atoms with Crippen LogP contribution in [0.1, 0.15) is 21.0 Å². The van der Waals surface area contributed by atoms with Gasteiger partial charge in [0.2, 0.25) is 6.41 Å². The van der Waals surface area contributed by atoms with E-state index in [4.69, 9.17) is 0 Å². The molecule has 0 atom stereocenters. The van der Waals surface area contributed by atoms with E-state index in [9.17, 15) is 14.4 Å². The molecule has 1 aliphatic heterocycles. The molecule has 2 rings (SSSR count). The van der Waals surface area contributed by atoms with Crippen LogP contribution in [0.5, 0.6) is 0 Å². The van der Waals surface area contributed by atoms with E-state index in [1.54, 1.807) is 21.9 Å². The lowest BCUT2D eigenvalue weighted by Crippen LogP contribution is -2.48. The molecule has 0 aromatic carbocycles. The summed E-state index contributed by atoms with van der Waals surface area (Å²) in [6, 6.07) is 4.64. The van der Waals surface area contributed by atoms with Gasteiger partial charge in [-0.2, -0.15) is 0 Å². The SMILES string of the molecule is COC(=O)c1cccc(C(=O)N2CCN(C=O)CC2)n1. The van der Waals surface area contributed by atoms with Crippen LogP contribution in [0.25, 0.3) is 0 Å². The Morgan fingerprint density at radius 1 is 1.20 bits per heavy atom. The van der Waals surface area contributed by atoms with Gasteiger partial charge in [-0.05, 0) is 12.1 Å². The molecular weight excluding hydrogens is 262 g/mol. The Balaban J connectivity index is 2.09. The number of piperazine rings is 1. The second-order valence-electron chi connectivity index (χ2n) is 4.33. The van der Waals surface area contributed by atoms with Crippen LogP contribution in [0.15, 0.2) is 18.2 Å². The minimum absolute atomic E-state index is 0.102. The van der Waals surface area contributed by atoms with Crippen LogP contribution in [0.3, 0.4) is 0 Å².